The molecule has 134 valence electrons. The highest BCUT2D eigenvalue weighted by molar-refractivity contribution is 5.89. The van der Waals surface area contributed by atoms with E-state index in [1.807, 2.05) is 29.1 Å². The fraction of sp³-hybridized carbons (Fsp3) is 0.421. The molecular formula is C19H24FN3O2. The molecule has 0 unspecified atom stereocenters. The number of aliphatic hydroxyl groups is 1. The lowest BCUT2D eigenvalue weighted by Gasteiger charge is -2.40. The summed E-state index contributed by atoms with van der Waals surface area (Å²) in [5, 5.41) is 12.3. The van der Waals surface area contributed by atoms with Crippen LogP contribution in [0.5, 0.6) is 0 Å². The van der Waals surface area contributed by atoms with Crippen LogP contribution in [0.3, 0.4) is 0 Å². The van der Waals surface area contributed by atoms with Crippen LogP contribution in [0.15, 0.2) is 42.7 Å². The van der Waals surface area contributed by atoms with E-state index in [4.69, 9.17) is 0 Å². The maximum atomic E-state index is 14.1. The van der Waals surface area contributed by atoms with E-state index >= 15 is 0 Å². The summed E-state index contributed by atoms with van der Waals surface area (Å²) >= 11 is 0. The number of piperidine rings is 1. The molecule has 2 N–H and O–H groups in total. The molecule has 2 aromatic rings. The average Bonchev–Trinajstić information content (AvgIpc) is 3.18. The van der Waals surface area contributed by atoms with Gasteiger partial charge in [0.1, 0.15) is 5.82 Å². The lowest BCUT2D eigenvalue weighted by Crippen LogP contribution is -2.46. The number of hydrogen-bond donors (Lipinski definition) is 2. The van der Waals surface area contributed by atoms with Crippen molar-refractivity contribution in [2.75, 3.05) is 25.0 Å². The number of nitrogens with zero attached hydrogens (tertiary/aromatic N) is 2. The SMILES string of the molecule is CCC1(CO)CCN(C(=O)Nc2cc(-n3cccc3)ccc2F)CC1. The zero-order chi connectivity index (χ0) is 17.9. The van der Waals surface area contributed by atoms with Crippen LogP contribution < -0.4 is 5.32 Å². The summed E-state index contributed by atoms with van der Waals surface area (Å²) in [7, 11) is 0. The van der Waals surface area contributed by atoms with E-state index in [1.165, 1.54) is 6.07 Å². The van der Waals surface area contributed by atoms with Gasteiger partial charge in [0.05, 0.1) is 5.69 Å². The zero-order valence-corrected chi connectivity index (χ0v) is 14.4. The molecule has 1 aliphatic rings. The molecule has 0 spiro atoms. The molecule has 6 heteroatoms. The van der Waals surface area contributed by atoms with Crippen molar-refractivity contribution in [1.29, 1.82) is 0 Å². The zero-order valence-electron chi connectivity index (χ0n) is 14.4. The summed E-state index contributed by atoms with van der Waals surface area (Å²) in [6.07, 6.45) is 6.15. The van der Waals surface area contributed by atoms with Gasteiger partial charge in [0, 0.05) is 37.8 Å². The molecule has 3 rings (SSSR count). The highest BCUT2D eigenvalue weighted by atomic mass is 19.1. The smallest absolute Gasteiger partial charge is 0.321 e. The van der Waals surface area contributed by atoms with Crippen molar-refractivity contribution in [1.82, 2.24) is 9.47 Å². The number of rotatable bonds is 4. The number of likely N-dealkylation sites (tertiary alicyclic amines) is 1. The molecule has 5 nitrogen and oxygen atoms in total. The number of nitrogens with one attached hydrogen (secondary N) is 1. The number of halogens is 1. The Morgan fingerprint density at radius 2 is 1.96 bits per heavy atom. The maximum Gasteiger partial charge on any atom is 0.321 e. The molecule has 25 heavy (non-hydrogen) atoms. The summed E-state index contributed by atoms with van der Waals surface area (Å²) in [5.74, 6) is -0.459. The second-order valence-corrected chi connectivity index (χ2v) is 6.68. The van der Waals surface area contributed by atoms with E-state index in [1.54, 1.807) is 17.0 Å². The Labute approximate surface area is 147 Å². The van der Waals surface area contributed by atoms with Crippen LogP contribution in [0.4, 0.5) is 14.9 Å². The monoisotopic (exact) mass is 345 g/mol. The third-order valence-corrected chi connectivity index (χ3v) is 5.29. The molecule has 1 aliphatic heterocycles. The number of aliphatic hydroxyl groups excluding tert-OH is 1. The van der Waals surface area contributed by atoms with Crippen molar-refractivity contribution in [2.24, 2.45) is 5.41 Å². The largest absolute Gasteiger partial charge is 0.396 e. The Hall–Kier alpha value is -2.34. The molecular weight excluding hydrogens is 321 g/mol. The summed E-state index contributed by atoms with van der Waals surface area (Å²) in [4.78, 5) is 14.2. The van der Waals surface area contributed by atoms with Gasteiger partial charge < -0.3 is 19.9 Å². The Kier molecular flexibility index (Phi) is 5.08. The molecule has 0 radical (unpaired) electrons. The first-order valence-corrected chi connectivity index (χ1v) is 8.66. The first-order valence-electron chi connectivity index (χ1n) is 8.66. The van der Waals surface area contributed by atoms with Gasteiger partial charge in [-0.25, -0.2) is 9.18 Å². The van der Waals surface area contributed by atoms with Crippen molar-refractivity contribution >= 4 is 11.7 Å². The maximum absolute atomic E-state index is 14.1. The van der Waals surface area contributed by atoms with Gasteiger partial charge in [-0.05, 0) is 55.0 Å². The van der Waals surface area contributed by atoms with Gasteiger partial charge in [0.25, 0.3) is 0 Å². The van der Waals surface area contributed by atoms with E-state index < -0.39 is 5.82 Å². The van der Waals surface area contributed by atoms with Crippen molar-refractivity contribution < 1.29 is 14.3 Å². The fourth-order valence-electron chi connectivity index (χ4n) is 3.28. The number of aromatic nitrogens is 1. The fourth-order valence-corrected chi connectivity index (χ4v) is 3.28. The van der Waals surface area contributed by atoms with Gasteiger partial charge >= 0.3 is 6.03 Å². The van der Waals surface area contributed by atoms with Crippen LogP contribution in [0, 0.1) is 11.2 Å². The Balaban J connectivity index is 1.68. The first-order chi connectivity index (χ1) is 12.1. The minimum Gasteiger partial charge on any atom is -0.396 e. The summed E-state index contributed by atoms with van der Waals surface area (Å²) < 4.78 is 15.9. The number of benzene rings is 1. The summed E-state index contributed by atoms with van der Waals surface area (Å²) in [6, 6.07) is 8.12. The third kappa shape index (κ3) is 3.69. The third-order valence-electron chi connectivity index (χ3n) is 5.29. The molecule has 0 atom stereocenters. The molecule has 1 saturated heterocycles. The van der Waals surface area contributed by atoms with Gasteiger partial charge in [0.2, 0.25) is 0 Å². The van der Waals surface area contributed by atoms with Gasteiger partial charge in [-0.15, -0.1) is 0 Å². The molecule has 2 amide bonds. The standard InChI is InChI=1S/C19H24FN3O2/c1-2-19(14-24)7-11-23(12-8-19)18(25)21-17-13-15(5-6-16(17)20)22-9-3-4-10-22/h3-6,9-10,13,24H,2,7-8,11-12,14H2,1H3,(H,21,25). The van der Waals surface area contributed by atoms with Gasteiger partial charge in [-0.3, -0.25) is 0 Å². The highest BCUT2D eigenvalue weighted by Crippen LogP contribution is 2.34. The topological polar surface area (TPSA) is 57.5 Å². The second-order valence-electron chi connectivity index (χ2n) is 6.68. The van der Waals surface area contributed by atoms with Crippen LogP contribution in [-0.4, -0.2) is 40.3 Å². The lowest BCUT2D eigenvalue weighted by atomic mass is 9.77. The Morgan fingerprint density at radius 3 is 2.56 bits per heavy atom. The van der Waals surface area contributed by atoms with Crippen molar-refractivity contribution in [3.8, 4) is 5.69 Å². The highest BCUT2D eigenvalue weighted by Gasteiger charge is 2.34. The minimum atomic E-state index is -0.459. The van der Waals surface area contributed by atoms with Crippen molar-refractivity contribution in [2.45, 2.75) is 26.2 Å². The molecule has 1 aromatic carbocycles. The number of hydrogen-bond acceptors (Lipinski definition) is 2. The van der Waals surface area contributed by atoms with Crippen molar-refractivity contribution in [3.05, 3.63) is 48.5 Å². The lowest BCUT2D eigenvalue weighted by molar-refractivity contribution is 0.0542. The van der Waals surface area contributed by atoms with Crippen LogP contribution in [0.1, 0.15) is 26.2 Å². The van der Waals surface area contributed by atoms with Crippen LogP contribution >= 0.6 is 0 Å². The predicted octanol–water partition coefficient (Wildman–Crippen LogP) is 3.63. The van der Waals surface area contributed by atoms with Gasteiger partial charge in [0.15, 0.2) is 0 Å². The molecule has 2 heterocycles. The minimum absolute atomic E-state index is 0.0869. The average molecular weight is 345 g/mol. The van der Waals surface area contributed by atoms with E-state index in [-0.39, 0.29) is 23.7 Å². The molecule has 0 aliphatic carbocycles. The van der Waals surface area contributed by atoms with Gasteiger partial charge in [-0.1, -0.05) is 6.92 Å². The second kappa shape index (κ2) is 7.27. The molecule has 0 saturated carbocycles. The molecule has 1 aromatic heterocycles. The normalized spacial score (nSPS) is 16.7. The first kappa shape index (κ1) is 17.5. The molecule has 1 fully saturated rings. The van der Waals surface area contributed by atoms with E-state index in [2.05, 4.69) is 12.2 Å². The molecule has 0 bridgehead atoms. The quantitative estimate of drug-likeness (QED) is 0.889. The number of anilines is 1. The van der Waals surface area contributed by atoms with E-state index in [0.29, 0.717) is 13.1 Å². The Morgan fingerprint density at radius 1 is 1.28 bits per heavy atom. The summed E-state index contributed by atoms with van der Waals surface area (Å²) in [6.45, 7) is 3.35. The van der Waals surface area contributed by atoms with Crippen LogP contribution in [-0.2, 0) is 0 Å². The van der Waals surface area contributed by atoms with Crippen LogP contribution in [0.25, 0.3) is 5.69 Å². The van der Waals surface area contributed by atoms with Gasteiger partial charge in [-0.2, -0.15) is 0 Å². The predicted molar refractivity (Wildman–Crippen MR) is 95.4 cm³/mol. The number of amides is 2. The summed E-state index contributed by atoms with van der Waals surface area (Å²) in [5.41, 5.74) is 0.868. The van der Waals surface area contributed by atoms with E-state index in [9.17, 15) is 14.3 Å². The van der Waals surface area contributed by atoms with Crippen molar-refractivity contribution in [3.63, 3.8) is 0 Å². The van der Waals surface area contributed by atoms with Crippen LogP contribution in [0.2, 0.25) is 0 Å². The van der Waals surface area contributed by atoms with E-state index in [0.717, 1.165) is 24.9 Å². The number of carbonyl (C=O) groups is 1. The number of carbonyl (C=O) groups excluding carboxylic acids is 1. The Bertz CT molecular complexity index is 716. The number of urea groups is 1.